The Balaban J connectivity index is -0.0000000560. The van der Waals surface area contributed by atoms with Gasteiger partial charge in [0.2, 0.25) is 0 Å². The minimum Gasteiger partial charge on any atom is -0.876 e. The first-order valence-corrected chi connectivity index (χ1v) is 2.99. The fourth-order valence-corrected chi connectivity index (χ4v) is 0.286. The summed E-state index contributed by atoms with van der Waals surface area (Å²) < 4.78 is 0. The first kappa shape index (κ1) is 22.5. The summed E-state index contributed by atoms with van der Waals surface area (Å²) in [5.74, 6) is -0.375. The molecule has 2 nitrogen and oxygen atoms in total. The second-order valence-corrected chi connectivity index (χ2v) is 1.37. The third-order valence-corrected chi connectivity index (χ3v) is 0.407. The van der Waals surface area contributed by atoms with Gasteiger partial charge in [0.1, 0.15) is 0 Å². The average molecular weight is 258 g/mol. The van der Waals surface area contributed by atoms with Gasteiger partial charge in [0, 0.05) is 19.5 Å². The predicted octanol–water partition coefficient (Wildman–Crippen LogP) is 1.44. The van der Waals surface area contributed by atoms with Gasteiger partial charge >= 0.3 is 0 Å². The maximum Gasteiger partial charge on any atom is 0.151 e. The maximum atomic E-state index is 9.98. The van der Waals surface area contributed by atoms with Gasteiger partial charge in [-0.15, -0.1) is 32.1 Å². The molecular weight excluding hydrogens is 243 g/mol. The normalized spacial score (nSPS) is 7.33. The molecule has 0 aliphatic heterocycles. The van der Waals surface area contributed by atoms with Crippen LogP contribution in [0.2, 0.25) is 0 Å². The summed E-state index contributed by atoms with van der Waals surface area (Å²) in [5.41, 5.74) is 0. The van der Waals surface area contributed by atoms with E-state index in [2.05, 4.69) is 26.3 Å². The van der Waals surface area contributed by atoms with Gasteiger partial charge in [-0.25, -0.2) is 0 Å². The molecule has 0 N–H and O–H groups in total. The van der Waals surface area contributed by atoms with Gasteiger partial charge in [-0.3, -0.25) is 4.79 Å². The van der Waals surface area contributed by atoms with E-state index >= 15 is 0 Å². The van der Waals surface area contributed by atoms with E-state index in [0.717, 1.165) is 6.08 Å². The number of carbonyl (C=O) groups excluding carboxylic acids is 1. The molecule has 3 heteroatoms. The van der Waals surface area contributed by atoms with Gasteiger partial charge in [-0.05, 0) is 13.0 Å². The predicted molar refractivity (Wildman–Crippen MR) is 46.9 cm³/mol. The summed E-state index contributed by atoms with van der Waals surface area (Å²) in [7, 11) is 0. The summed E-state index contributed by atoms with van der Waals surface area (Å²) in [5, 5.41) is 9.98. The van der Waals surface area contributed by atoms with E-state index in [1.165, 1.54) is 13.8 Å². The van der Waals surface area contributed by atoms with Crippen molar-refractivity contribution in [3.05, 3.63) is 38.2 Å². The Kier molecular flexibility index (Phi) is 42.1. The SMILES string of the molecule is C=C.C=C.CC(=O)C=C(C)[O-].[Rh]. The molecule has 0 fully saturated rings. The van der Waals surface area contributed by atoms with Crippen LogP contribution in [0.3, 0.4) is 0 Å². The van der Waals surface area contributed by atoms with E-state index < -0.39 is 0 Å². The van der Waals surface area contributed by atoms with E-state index in [0.29, 0.717) is 0 Å². The molecule has 0 spiro atoms. The third-order valence-electron chi connectivity index (χ3n) is 0.407. The van der Waals surface area contributed by atoms with Gasteiger partial charge in [0.05, 0.1) is 0 Å². The molecule has 0 aromatic rings. The second kappa shape index (κ2) is 22.4. The molecule has 0 amide bonds. The van der Waals surface area contributed by atoms with Crippen molar-refractivity contribution in [3.63, 3.8) is 0 Å². The van der Waals surface area contributed by atoms with Crippen molar-refractivity contribution in [1.82, 2.24) is 0 Å². The zero-order valence-electron chi connectivity index (χ0n) is 7.56. The molecule has 0 unspecified atom stereocenters. The molecule has 0 heterocycles. The molecule has 1 radical (unpaired) electrons. The van der Waals surface area contributed by atoms with Crippen LogP contribution in [0, 0.1) is 0 Å². The fraction of sp³-hybridized carbons (Fsp3) is 0.222. The zero-order valence-corrected chi connectivity index (χ0v) is 9.19. The van der Waals surface area contributed by atoms with Crippen LogP contribution in [-0.4, -0.2) is 5.78 Å². The standard InChI is InChI=1S/C5H8O2.2C2H4.Rh/c1-4(6)3-5(2)7;2*1-2;/h3,6H,1-2H3;2*1-2H2;/p-1. The van der Waals surface area contributed by atoms with Crippen molar-refractivity contribution in [2.45, 2.75) is 13.8 Å². The van der Waals surface area contributed by atoms with Crippen LogP contribution < -0.4 is 5.11 Å². The van der Waals surface area contributed by atoms with Crippen molar-refractivity contribution in [1.29, 1.82) is 0 Å². The minimum absolute atomic E-state index is 0. The van der Waals surface area contributed by atoms with Gasteiger partial charge in [-0.1, -0.05) is 6.92 Å². The monoisotopic (exact) mass is 258 g/mol. The van der Waals surface area contributed by atoms with Crippen molar-refractivity contribution in [2.24, 2.45) is 0 Å². The largest absolute Gasteiger partial charge is 0.876 e. The number of ketones is 1. The smallest absolute Gasteiger partial charge is 0.151 e. The fourth-order valence-electron chi connectivity index (χ4n) is 0.286. The number of allylic oxidation sites excluding steroid dienone is 2. The van der Waals surface area contributed by atoms with Gasteiger partial charge < -0.3 is 5.11 Å². The van der Waals surface area contributed by atoms with E-state index in [4.69, 9.17) is 0 Å². The zero-order chi connectivity index (χ0) is 9.86. The van der Waals surface area contributed by atoms with E-state index in [9.17, 15) is 9.90 Å². The van der Waals surface area contributed by atoms with Crippen LogP contribution in [0.25, 0.3) is 0 Å². The Morgan fingerprint density at radius 3 is 1.42 bits per heavy atom. The molecule has 0 atom stereocenters. The number of carbonyl (C=O) groups is 1. The number of rotatable bonds is 1. The Morgan fingerprint density at radius 2 is 1.42 bits per heavy atom. The second-order valence-electron chi connectivity index (χ2n) is 1.37. The van der Waals surface area contributed by atoms with Crippen molar-refractivity contribution >= 4 is 5.78 Å². The molecule has 0 bridgehead atoms. The molecule has 73 valence electrons. The maximum absolute atomic E-state index is 9.98. The van der Waals surface area contributed by atoms with Crippen LogP contribution in [0.5, 0.6) is 0 Å². The summed E-state index contributed by atoms with van der Waals surface area (Å²) >= 11 is 0. The summed E-state index contributed by atoms with van der Waals surface area (Å²) in [6.45, 7) is 14.7. The molecule has 0 rings (SSSR count). The third kappa shape index (κ3) is 58.6. The van der Waals surface area contributed by atoms with Gasteiger partial charge in [-0.2, -0.15) is 0 Å². The summed E-state index contributed by atoms with van der Waals surface area (Å²) in [4.78, 5) is 9.98. The molecule has 0 aliphatic carbocycles. The molecule has 0 saturated carbocycles. The molecule has 12 heavy (non-hydrogen) atoms. The van der Waals surface area contributed by atoms with Crippen molar-refractivity contribution < 1.29 is 29.4 Å². The Bertz CT molecular complexity index is 124. The Hall–Kier alpha value is -0.687. The van der Waals surface area contributed by atoms with Gasteiger partial charge in [0.25, 0.3) is 0 Å². The Morgan fingerprint density at radius 1 is 1.17 bits per heavy atom. The van der Waals surface area contributed by atoms with E-state index in [1.807, 2.05) is 0 Å². The first-order chi connectivity index (χ1) is 5.13. The average Bonchev–Trinajstić information content (AvgIpc) is 1.93. The topological polar surface area (TPSA) is 40.1 Å². The quantitative estimate of drug-likeness (QED) is 0.309. The molecule has 0 aromatic heterocycles. The molecule has 0 saturated heterocycles. The van der Waals surface area contributed by atoms with Crippen LogP contribution in [-0.2, 0) is 24.3 Å². The number of hydrogen-bond donors (Lipinski definition) is 0. The van der Waals surface area contributed by atoms with Crippen molar-refractivity contribution in [2.75, 3.05) is 0 Å². The van der Waals surface area contributed by atoms with E-state index in [-0.39, 0.29) is 31.0 Å². The molecule has 0 aromatic carbocycles. The van der Waals surface area contributed by atoms with Crippen LogP contribution in [0.15, 0.2) is 38.2 Å². The minimum atomic E-state index is -0.187. The summed E-state index contributed by atoms with van der Waals surface area (Å²) in [6, 6.07) is 0. The molecule has 0 aliphatic rings. The van der Waals surface area contributed by atoms with Crippen LogP contribution in [0.1, 0.15) is 13.8 Å². The Labute approximate surface area is 87.4 Å². The summed E-state index contributed by atoms with van der Waals surface area (Å²) in [6.07, 6.45) is 1.06. The van der Waals surface area contributed by atoms with Crippen molar-refractivity contribution in [3.8, 4) is 0 Å². The molecular formula is C9H15O2Rh-. The van der Waals surface area contributed by atoms with Crippen LogP contribution >= 0.6 is 0 Å². The number of hydrogen-bond acceptors (Lipinski definition) is 2. The van der Waals surface area contributed by atoms with Gasteiger partial charge in [0.15, 0.2) is 5.78 Å². The van der Waals surface area contributed by atoms with E-state index in [1.54, 1.807) is 0 Å². The first-order valence-electron chi connectivity index (χ1n) is 2.99. The van der Waals surface area contributed by atoms with Crippen LogP contribution in [0.4, 0.5) is 0 Å².